The molecular formula is C21H32IN5S. The molecule has 0 spiro atoms. The molecule has 7 heteroatoms. The van der Waals surface area contributed by atoms with Gasteiger partial charge in [-0.05, 0) is 38.2 Å². The van der Waals surface area contributed by atoms with Crippen molar-refractivity contribution >= 4 is 46.4 Å². The first kappa shape index (κ1) is 22.9. The van der Waals surface area contributed by atoms with Crippen molar-refractivity contribution in [3.8, 4) is 0 Å². The van der Waals surface area contributed by atoms with Gasteiger partial charge in [0.25, 0.3) is 0 Å². The van der Waals surface area contributed by atoms with Crippen LogP contribution in [0.1, 0.15) is 37.4 Å². The predicted molar refractivity (Wildman–Crippen MR) is 131 cm³/mol. The van der Waals surface area contributed by atoms with Gasteiger partial charge in [-0.3, -0.25) is 4.99 Å². The molecule has 0 atom stereocenters. The number of aryl methyl sites for hydroxylation is 1. The number of aromatic nitrogens is 1. The average molecular weight is 513 g/mol. The Morgan fingerprint density at radius 1 is 1.14 bits per heavy atom. The summed E-state index contributed by atoms with van der Waals surface area (Å²) in [6, 6.07) is 10.6. The number of halogens is 1. The highest BCUT2D eigenvalue weighted by atomic mass is 127. The maximum atomic E-state index is 4.79. The molecule has 1 aliphatic heterocycles. The minimum Gasteiger partial charge on any atom is -0.357 e. The van der Waals surface area contributed by atoms with Gasteiger partial charge in [0.1, 0.15) is 0 Å². The van der Waals surface area contributed by atoms with Crippen LogP contribution in [-0.4, -0.2) is 43.7 Å². The fourth-order valence-corrected chi connectivity index (χ4v) is 4.15. The van der Waals surface area contributed by atoms with E-state index in [4.69, 9.17) is 9.98 Å². The zero-order chi connectivity index (χ0) is 18.7. The van der Waals surface area contributed by atoms with Crippen molar-refractivity contribution in [2.24, 2.45) is 4.99 Å². The minimum atomic E-state index is 0. The van der Waals surface area contributed by atoms with Gasteiger partial charge >= 0.3 is 0 Å². The van der Waals surface area contributed by atoms with Crippen LogP contribution in [0.5, 0.6) is 0 Å². The molecule has 1 aromatic carbocycles. The highest BCUT2D eigenvalue weighted by Gasteiger charge is 2.15. The first-order valence-electron chi connectivity index (χ1n) is 10.1. The summed E-state index contributed by atoms with van der Waals surface area (Å²) in [5.41, 5.74) is 2.55. The molecule has 1 aromatic heterocycles. The molecule has 0 aliphatic carbocycles. The lowest BCUT2D eigenvalue weighted by atomic mass is 10.1. The van der Waals surface area contributed by atoms with Crippen molar-refractivity contribution in [1.29, 1.82) is 0 Å². The number of benzene rings is 1. The fraction of sp³-hybridized carbons (Fsp3) is 0.524. The molecule has 0 unspecified atom stereocenters. The van der Waals surface area contributed by atoms with Gasteiger partial charge in [-0.25, -0.2) is 4.98 Å². The third-order valence-electron chi connectivity index (χ3n) is 4.67. The summed E-state index contributed by atoms with van der Waals surface area (Å²) in [6.07, 6.45) is 5.65. The highest BCUT2D eigenvalue weighted by Crippen LogP contribution is 2.24. The van der Waals surface area contributed by atoms with E-state index in [0.29, 0.717) is 0 Å². The Morgan fingerprint density at radius 2 is 1.93 bits per heavy atom. The molecule has 28 heavy (non-hydrogen) atoms. The zero-order valence-corrected chi connectivity index (χ0v) is 19.8. The van der Waals surface area contributed by atoms with Crippen LogP contribution < -0.4 is 15.5 Å². The molecule has 2 N–H and O–H groups in total. The number of aliphatic imine (C=N–C) groups is 1. The number of thiazole rings is 1. The van der Waals surface area contributed by atoms with E-state index in [-0.39, 0.29) is 24.0 Å². The van der Waals surface area contributed by atoms with Crippen molar-refractivity contribution < 1.29 is 0 Å². The molecule has 1 fully saturated rings. The van der Waals surface area contributed by atoms with Crippen LogP contribution in [0.25, 0.3) is 0 Å². The van der Waals surface area contributed by atoms with E-state index < -0.39 is 0 Å². The SMILES string of the molecule is CCNC(=NCCCc1ccccc1)NCCc1csc(N2CCCC2)n1.I. The molecule has 5 nitrogen and oxygen atoms in total. The molecule has 3 rings (SSSR count). The van der Waals surface area contributed by atoms with Crippen LogP contribution in [0, 0.1) is 0 Å². The van der Waals surface area contributed by atoms with Gasteiger partial charge in [-0.15, -0.1) is 35.3 Å². The second-order valence-corrected chi connectivity index (χ2v) is 7.68. The third-order valence-corrected chi connectivity index (χ3v) is 5.62. The van der Waals surface area contributed by atoms with Crippen LogP contribution in [0.2, 0.25) is 0 Å². The molecule has 2 aromatic rings. The van der Waals surface area contributed by atoms with Crippen molar-refractivity contribution in [2.75, 3.05) is 37.6 Å². The molecule has 2 heterocycles. The molecule has 0 bridgehead atoms. The fourth-order valence-electron chi connectivity index (χ4n) is 3.23. The van der Waals surface area contributed by atoms with Crippen molar-refractivity contribution in [3.63, 3.8) is 0 Å². The minimum absolute atomic E-state index is 0. The van der Waals surface area contributed by atoms with Crippen LogP contribution >= 0.6 is 35.3 Å². The smallest absolute Gasteiger partial charge is 0.191 e. The van der Waals surface area contributed by atoms with Crippen molar-refractivity contribution in [2.45, 2.75) is 39.0 Å². The summed E-state index contributed by atoms with van der Waals surface area (Å²) in [5, 5.41) is 10.1. The maximum absolute atomic E-state index is 4.79. The van der Waals surface area contributed by atoms with Crippen LogP contribution in [0.3, 0.4) is 0 Å². The van der Waals surface area contributed by atoms with E-state index in [0.717, 1.165) is 57.9 Å². The van der Waals surface area contributed by atoms with Crippen molar-refractivity contribution in [3.05, 3.63) is 47.0 Å². The van der Waals surface area contributed by atoms with Gasteiger partial charge in [0.05, 0.1) is 5.69 Å². The van der Waals surface area contributed by atoms with E-state index in [9.17, 15) is 0 Å². The molecular weight excluding hydrogens is 481 g/mol. The number of guanidine groups is 1. The van der Waals surface area contributed by atoms with Crippen molar-refractivity contribution in [1.82, 2.24) is 15.6 Å². The van der Waals surface area contributed by atoms with Gasteiger partial charge in [-0.2, -0.15) is 0 Å². The first-order chi connectivity index (χ1) is 13.3. The Morgan fingerprint density at radius 3 is 2.68 bits per heavy atom. The van der Waals surface area contributed by atoms with Gasteiger partial charge in [0.2, 0.25) is 0 Å². The predicted octanol–water partition coefficient (Wildman–Crippen LogP) is 4.09. The van der Waals surface area contributed by atoms with Gasteiger partial charge < -0.3 is 15.5 Å². The number of hydrogen-bond acceptors (Lipinski definition) is 4. The number of rotatable bonds is 9. The van der Waals surface area contributed by atoms with Gasteiger partial charge in [0.15, 0.2) is 11.1 Å². The molecule has 0 radical (unpaired) electrons. The second-order valence-electron chi connectivity index (χ2n) is 6.84. The maximum Gasteiger partial charge on any atom is 0.191 e. The second kappa shape index (κ2) is 13.0. The van der Waals surface area contributed by atoms with E-state index >= 15 is 0 Å². The largest absolute Gasteiger partial charge is 0.357 e. The Balaban J connectivity index is 0.00000280. The molecule has 154 valence electrons. The third kappa shape index (κ3) is 7.58. The number of nitrogens with one attached hydrogen (secondary N) is 2. The molecule has 1 aliphatic rings. The lowest BCUT2D eigenvalue weighted by molar-refractivity contribution is 0.771. The zero-order valence-electron chi connectivity index (χ0n) is 16.7. The lowest BCUT2D eigenvalue weighted by Gasteiger charge is -2.12. The lowest BCUT2D eigenvalue weighted by Crippen LogP contribution is -2.38. The Kier molecular flexibility index (Phi) is 10.6. The van der Waals surface area contributed by atoms with Crippen LogP contribution in [0.4, 0.5) is 5.13 Å². The number of anilines is 1. The average Bonchev–Trinajstić information content (AvgIpc) is 3.38. The van der Waals surface area contributed by atoms with Gasteiger partial charge in [0, 0.05) is 44.5 Å². The van der Waals surface area contributed by atoms with Crippen LogP contribution in [0.15, 0.2) is 40.7 Å². The highest BCUT2D eigenvalue weighted by molar-refractivity contribution is 14.0. The Hall–Kier alpha value is -1.35. The summed E-state index contributed by atoms with van der Waals surface area (Å²) < 4.78 is 0. The van der Waals surface area contributed by atoms with E-state index in [1.54, 1.807) is 11.3 Å². The summed E-state index contributed by atoms with van der Waals surface area (Å²) in [4.78, 5) is 11.9. The Bertz CT molecular complexity index is 698. The standard InChI is InChI=1S/C21H31N5S.HI/c1-2-22-20(23-13-8-11-18-9-4-3-5-10-18)24-14-12-19-17-27-21(25-19)26-15-6-7-16-26;/h3-5,9-10,17H,2,6-8,11-16H2,1H3,(H2,22,23,24);1H. The molecule has 0 amide bonds. The Labute approximate surface area is 190 Å². The first-order valence-corrected chi connectivity index (χ1v) is 11.0. The summed E-state index contributed by atoms with van der Waals surface area (Å²) >= 11 is 1.77. The van der Waals surface area contributed by atoms with E-state index in [1.807, 2.05) is 0 Å². The molecule has 1 saturated heterocycles. The summed E-state index contributed by atoms with van der Waals surface area (Å²) in [7, 11) is 0. The quantitative estimate of drug-likeness (QED) is 0.230. The normalized spacial score (nSPS) is 14.0. The summed E-state index contributed by atoms with van der Waals surface area (Å²) in [6.45, 7) is 6.98. The molecule has 0 saturated carbocycles. The number of hydrogen-bond donors (Lipinski definition) is 2. The topological polar surface area (TPSA) is 52.6 Å². The number of nitrogens with zero attached hydrogens (tertiary/aromatic N) is 3. The summed E-state index contributed by atoms with van der Waals surface area (Å²) in [5.74, 6) is 0.903. The van der Waals surface area contributed by atoms with Gasteiger partial charge in [-0.1, -0.05) is 30.3 Å². The van der Waals surface area contributed by atoms with E-state index in [1.165, 1.54) is 29.2 Å². The monoisotopic (exact) mass is 513 g/mol. The van der Waals surface area contributed by atoms with E-state index in [2.05, 4.69) is 58.2 Å². The van der Waals surface area contributed by atoms with Crippen LogP contribution in [-0.2, 0) is 12.8 Å².